The second kappa shape index (κ2) is 8.50. The third-order valence-electron chi connectivity index (χ3n) is 9.30. The Hall–Kier alpha value is -1.61. The summed E-state index contributed by atoms with van der Waals surface area (Å²) in [5.74, 6) is -5.87. The van der Waals surface area contributed by atoms with Crippen LogP contribution in [0.2, 0.25) is 0 Å². The first kappa shape index (κ1) is 25.5. The van der Waals surface area contributed by atoms with Crippen molar-refractivity contribution in [3.8, 4) is 0 Å². The molecule has 4 aliphatic rings. The van der Waals surface area contributed by atoms with Gasteiger partial charge in [-0.15, -0.1) is 0 Å². The molecule has 8 atom stereocenters. The number of ether oxygens (including phenoxy) is 1. The van der Waals surface area contributed by atoms with E-state index in [1.165, 1.54) is 6.92 Å². The van der Waals surface area contributed by atoms with Crippen molar-refractivity contribution in [2.24, 2.45) is 34.5 Å². The number of carbonyl (C=O) groups excluding carboxylic acids is 3. The number of aliphatic hydroxyl groups excluding tert-OH is 1. The SMILES string of the molecule is CCC(=O)O[C@]1(C(=O)SCF)[C@H](C)C[C@H]2[C@@H]3CCC4=CC(=O)C(F)=C(F)[C@]4(C)[C@H]3[C@@H](O)C[C@@]21C. The monoisotopic (exact) mass is 500 g/mol. The molecule has 5 nitrogen and oxygen atoms in total. The zero-order chi connectivity index (χ0) is 25.2. The lowest BCUT2D eigenvalue weighted by molar-refractivity contribution is -0.200. The number of ketones is 1. The molecule has 3 saturated carbocycles. The third kappa shape index (κ3) is 3.14. The number of halogens is 3. The van der Waals surface area contributed by atoms with Gasteiger partial charge in [0.2, 0.25) is 16.7 Å². The highest BCUT2D eigenvalue weighted by Gasteiger charge is 2.73. The lowest BCUT2D eigenvalue weighted by Gasteiger charge is -2.60. The van der Waals surface area contributed by atoms with Gasteiger partial charge in [-0.05, 0) is 62.3 Å². The molecule has 0 aliphatic heterocycles. The largest absolute Gasteiger partial charge is 0.449 e. The van der Waals surface area contributed by atoms with Gasteiger partial charge in [-0.3, -0.25) is 14.4 Å². The summed E-state index contributed by atoms with van der Waals surface area (Å²) in [6.45, 7) is 6.73. The fourth-order valence-corrected chi connectivity index (χ4v) is 8.64. The van der Waals surface area contributed by atoms with Crippen LogP contribution in [-0.2, 0) is 19.1 Å². The van der Waals surface area contributed by atoms with Gasteiger partial charge in [0.15, 0.2) is 5.60 Å². The van der Waals surface area contributed by atoms with Crippen LogP contribution in [0.1, 0.15) is 59.8 Å². The molecule has 0 aromatic carbocycles. The first-order chi connectivity index (χ1) is 15.9. The number of hydrogen-bond acceptors (Lipinski definition) is 6. The molecule has 0 saturated heterocycles. The van der Waals surface area contributed by atoms with Crippen LogP contribution in [-0.4, -0.2) is 39.7 Å². The number of allylic oxidation sites excluding steroid dienone is 4. The van der Waals surface area contributed by atoms with E-state index in [4.69, 9.17) is 4.74 Å². The Morgan fingerprint density at radius 2 is 1.97 bits per heavy atom. The number of fused-ring (bicyclic) bond motifs is 5. The van der Waals surface area contributed by atoms with E-state index >= 15 is 4.39 Å². The first-order valence-corrected chi connectivity index (χ1v) is 12.8. The molecule has 0 amide bonds. The molecule has 0 aromatic heterocycles. The Morgan fingerprint density at radius 1 is 1.29 bits per heavy atom. The van der Waals surface area contributed by atoms with Crippen molar-refractivity contribution in [1.29, 1.82) is 0 Å². The first-order valence-electron chi connectivity index (χ1n) is 11.8. The van der Waals surface area contributed by atoms with Crippen LogP contribution in [0.3, 0.4) is 0 Å². The number of hydrogen-bond donors (Lipinski definition) is 1. The number of carbonyl (C=O) groups is 3. The van der Waals surface area contributed by atoms with Crippen molar-refractivity contribution in [3.05, 3.63) is 23.3 Å². The number of alkyl halides is 1. The molecule has 0 bridgehead atoms. The van der Waals surface area contributed by atoms with E-state index in [1.54, 1.807) is 20.8 Å². The predicted octanol–water partition coefficient (Wildman–Crippen LogP) is 4.98. The predicted molar refractivity (Wildman–Crippen MR) is 120 cm³/mol. The van der Waals surface area contributed by atoms with Crippen molar-refractivity contribution >= 4 is 28.6 Å². The van der Waals surface area contributed by atoms with Gasteiger partial charge in [0, 0.05) is 29.1 Å². The van der Waals surface area contributed by atoms with Crippen LogP contribution in [0, 0.1) is 34.5 Å². The average molecular weight is 501 g/mol. The highest BCUT2D eigenvalue weighted by atomic mass is 32.2. The van der Waals surface area contributed by atoms with Crippen LogP contribution < -0.4 is 0 Å². The number of thioether (sulfide) groups is 1. The third-order valence-corrected chi connectivity index (χ3v) is 9.97. The van der Waals surface area contributed by atoms with E-state index in [-0.39, 0.29) is 24.7 Å². The van der Waals surface area contributed by atoms with Gasteiger partial charge in [0.05, 0.1) is 6.10 Å². The molecule has 0 unspecified atom stereocenters. The molecule has 3 fully saturated rings. The van der Waals surface area contributed by atoms with Crippen LogP contribution in [0.5, 0.6) is 0 Å². The van der Waals surface area contributed by atoms with Crippen molar-refractivity contribution in [3.63, 3.8) is 0 Å². The maximum Gasteiger partial charge on any atom is 0.306 e. The summed E-state index contributed by atoms with van der Waals surface area (Å²) >= 11 is 0.459. The number of rotatable bonds is 4. The van der Waals surface area contributed by atoms with Crippen LogP contribution in [0.15, 0.2) is 23.3 Å². The minimum absolute atomic E-state index is 0.00443. The summed E-state index contributed by atoms with van der Waals surface area (Å²) in [6, 6.07) is -0.970. The maximum atomic E-state index is 15.4. The van der Waals surface area contributed by atoms with E-state index in [9.17, 15) is 28.3 Å². The Bertz CT molecular complexity index is 995. The molecule has 4 aliphatic carbocycles. The summed E-state index contributed by atoms with van der Waals surface area (Å²) in [7, 11) is 0. The van der Waals surface area contributed by atoms with Gasteiger partial charge in [0.1, 0.15) is 11.8 Å². The second-order valence-electron chi connectivity index (χ2n) is 10.6. The Labute approximate surface area is 201 Å². The maximum absolute atomic E-state index is 15.4. The molecular formula is C25H31F3O5S. The summed E-state index contributed by atoms with van der Waals surface area (Å²) < 4.78 is 49.0. The molecule has 1 N–H and O–H groups in total. The standard InChI is InChI=1S/C25H31F3O5S/c1-5-18(31)33-25(22(32)34-11-26)12(2)8-15-14-7-6-13-9-16(29)20(27)21(28)24(13,4)19(14)17(30)10-23(15,25)3/h9,12,14-15,17,19,30H,5-8,10-11H2,1-4H3/t12-,14+,15+,17+,19-,23+,24+,25+/m1/s1. The Balaban J connectivity index is 1.83. The minimum atomic E-state index is -1.63. The van der Waals surface area contributed by atoms with E-state index in [0.717, 1.165) is 6.08 Å². The van der Waals surface area contributed by atoms with Gasteiger partial charge >= 0.3 is 5.97 Å². The van der Waals surface area contributed by atoms with E-state index in [2.05, 4.69) is 0 Å². The van der Waals surface area contributed by atoms with Crippen LogP contribution in [0.4, 0.5) is 13.2 Å². The van der Waals surface area contributed by atoms with Gasteiger partial charge in [-0.2, -0.15) is 4.39 Å². The molecule has 0 radical (unpaired) electrons. The smallest absolute Gasteiger partial charge is 0.306 e. The van der Waals surface area contributed by atoms with Crippen molar-refractivity contribution < 1.29 is 37.4 Å². The van der Waals surface area contributed by atoms with Crippen molar-refractivity contribution in [1.82, 2.24) is 0 Å². The zero-order valence-corrected chi connectivity index (χ0v) is 20.6. The molecule has 34 heavy (non-hydrogen) atoms. The van der Waals surface area contributed by atoms with Crippen molar-refractivity contribution in [2.45, 2.75) is 71.5 Å². The summed E-state index contributed by atoms with van der Waals surface area (Å²) in [5.41, 5.74) is -3.64. The Kier molecular flexibility index (Phi) is 6.37. The van der Waals surface area contributed by atoms with E-state index in [1.807, 2.05) is 0 Å². The van der Waals surface area contributed by atoms with E-state index < -0.39 is 68.9 Å². The fourth-order valence-electron chi connectivity index (χ4n) is 7.85. The second-order valence-corrected chi connectivity index (χ2v) is 11.5. The number of esters is 1. The van der Waals surface area contributed by atoms with Crippen molar-refractivity contribution in [2.75, 3.05) is 6.01 Å². The van der Waals surface area contributed by atoms with Crippen LogP contribution >= 0.6 is 11.8 Å². The summed E-state index contributed by atoms with van der Waals surface area (Å²) in [4.78, 5) is 37.8. The lowest BCUT2D eigenvalue weighted by Crippen LogP contribution is -2.63. The topological polar surface area (TPSA) is 80.7 Å². The normalized spacial score (nSPS) is 43.6. The molecule has 0 heterocycles. The highest BCUT2D eigenvalue weighted by molar-refractivity contribution is 8.13. The summed E-state index contributed by atoms with van der Waals surface area (Å²) in [5, 5.41) is 10.9. The molecule has 0 spiro atoms. The molecule has 9 heteroatoms. The molecular weight excluding hydrogens is 469 g/mol. The van der Waals surface area contributed by atoms with Crippen LogP contribution in [0.25, 0.3) is 0 Å². The number of aliphatic hydroxyl groups is 1. The lowest BCUT2D eigenvalue weighted by atomic mass is 9.46. The molecule has 188 valence electrons. The van der Waals surface area contributed by atoms with Gasteiger partial charge < -0.3 is 9.84 Å². The quantitative estimate of drug-likeness (QED) is 0.548. The zero-order valence-electron chi connectivity index (χ0n) is 19.8. The van der Waals surface area contributed by atoms with Gasteiger partial charge in [-0.1, -0.05) is 26.3 Å². The molecule has 0 aromatic rings. The minimum Gasteiger partial charge on any atom is -0.449 e. The average Bonchev–Trinajstić information content (AvgIpc) is 3.00. The summed E-state index contributed by atoms with van der Waals surface area (Å²) in [6.07, 6.45) is 1.37. The fraction of sp³-hybridized carbons (Fsp3) is 0.720. The van der Waals surface area contributed by atoms with Gasteiger partial charge in [-0.25, -0.2) is 8.78 Å². The van der Waals surface area contributed by atoms with Gasteiger partial charge in [0.25, 0.3) is 0 Å². The highest BCUT2D eigenvalue weighted by Crippen LogP contribution is 2.70. The van der Waals surface area contributed by atoms with E-state index in [0.29, 0.717) is 36.6 Å². The Morgan fingerprint density at radius 3 is 2.59 bits per heavy atom. The molecule has 4 rings (SSSR count).